The molecule has 0 spiro atoms. The van der Waals surface area contributed by atoms with Crippen LogP contribution in [0.5, 0.6) is 5.75 Å². The highest BCUT2D eigenvalue weighted by atomic mass is 35.5. The number of nitrogens with one attached hydrogen (secondary N) is 1. The summed E-state index contributed by atoms with van der Waals surface area (Å²) in [4.78, 5) is 30.3. The summed E-state index contributed by atoms with van der Waals surface area (Å²) >= 11 is 6.25. The molecule has 0 aliphatic carbocycles. The van der Waals surface area contributed by atoms with Crippen molar-refractivity contribution in [2.75, 3.05) is 13.2 Å². The number of carbonyl (C=O) groups excluding carboxylic acids is 2. The average Bonchev–Trinajstić information content (AvgIpc) is 3.52. The molecule has 1 unspecified atom stereocenters. The van der Waals surface area contributed by atoms with Gasteiger partial charge in [-0.25, -0.2) is 4.57 Å². The van der Waals surface area contributed by atoms with E-state index in [0.29, 0.717) is 36.8 Å². The third-order valence-corrected chi connectivity index (χ3v) is 5.77. The number of H-pyrrole nitrogens is 1. The topological polar surface area (TPSA) is 102 Å². The van der Waals surface area contributed by atoms with E-state index < -0.39 is 23.5 Å². The second kappa shape index (κ2) is 9.54. The van der Waals surface area contributed by atoms with Crippen molar-refractivity contribution in [2.45, 2.75) is 32.9 Å². The van der Waals surface area contributed by atoms with Crippen LogP contribution in [0.3, 0.4) is 0 Å². The Bertz CT molecular complexity index is 1200. The molecule has 1 fully saturated rings. The van der Waals surface area contributed by atoms with Gasteiger partial charge in [0.25, 0.3) is 5.91 Å². The Hall–Kier alpha value is -3.52. The molecule has 3 heterocycles. The summed E-state index contributed by atoms with van der Waals surface area (Å²) in [5, 5.41) is 13.7. The number of aromatic amines is 1. The second-order valence-electron chi connectivity index (χ2n) is 7.70. The van der Waals surface area contributed by atoms with E-state index >= 15 is 0 Å². The van der Waals surface area contributed by atoms with E-state index in [1.165, 1.54) is 11.0 Å². The lowest BCUT2D eigenvalue weighted by Crippen LogP contribution is -2.36. The molecule has 1 aromatic carbocycles. The molecule has 4 rings (SSSR count). The van der Waals surface area contributed by atoms with E-state index in [1.807, 2.05) is 17.7 Å². The maximum absolute atomic E-state index is 13.4. The molecule has 1 N–H and O–H groups in total. The van der Waals surface area contributed by atoms with Gasteiger partial charge in [0.15, 0.2) is 0 Å². The molecule has 1 saturated heterocycles. The molecule has 9 heteroatoms. The van der Waals surface area contributed by atoms with Crippen molar-refractivity contribution in [3.8, 4) is 5.75 Å². The maximum atomic E-state index is 13.4. The number of carbonyl (C=O) groups is 2. The smallest absolute Gasteiger partial charge is 0.295 e. The number of ketones is 1. The van der Waals surface area contributed by atoms with Gasteiger partial charge in [-0.05, 0) is 43.7 Å². The first kappa shape index (κ1) is 22.7. The quantitative estimate of drug-likeness (QED) is 0.236. The van der Waals surface area contributed by atoms with Crippen LogP contribution in [0.25, 0.3) is 5.76 Å². The van der Waals surface area contributed by atoms with Gasteiger partial charge in [-0.1, -0.05) is 23.4 Å². The van der Waals surface area contributed by atoms with Crippen molar-refractivity contribution < 1.29 is 28.4 Å². The van der Waals surface area contributed by atoms with Crippen LogP contribution >= 0.6 is 11.6 Å². The van der Waals surface area contributed by atoms with Crippen LogP contribution < -0.4 is 14.4 Å². The number of aryl methyl sites for hydroxylation is 2. The van der Waals surface area contributed by atoms with Crippen LogP contribution in [0.2, 0.25) is 5.02 Å². The van der Waals surface area contributed by atoms with Gasteiger partial charge in [0, 0.05) is 18.5 Å². The van der Waals surface area contributed by atoms with E-state index in [4.69, 9.17) is 20.8 Å². The molecule has 3 aromatic rings. The number of aromatic nitrogens is 2. The minimum absolute atomic E-state index is 0.135. The molecule has 1 aliphatic rings. The molecule has 0 saturated carbocycles. The molecular formula is C24H24ClN3O5. The van der Waals surface area contributed by atoms with Gasteiger partial charge in [0.1, 0.15) is 35.7 Å². The van der Waals surface area contributed by atoms with Crippen LogP contribution in [-0.2, 0) is 16.1 Å². The number of benzene rings is 1. The van der Waals surface area contributed by atoms with Gasteiger partial charge in [0.2, 0.25) is 12.1 Å². The number of likely N-dealkylation sites (tertiary alicyclic amines) is 1. The van der Waals surface area contributed by atoms with Gasteiger partial charge in [-0.2, -0.15) is 0 Å². The van der Waals surface area contributed by atoms with E-state index in [9.17, 15) is 14.7 Å². The highest BCUT2D eigenvalue weighted by Crippen LogP contribution is 2.40. The minimum atomic E-state index is -0.896. The monoisotopic (exact) mass is 469 g/mol. The van der Waals surface area contributed by atoms with Gasteiger partial charge in [-0.3, -0.25) is 14.6 Å². The first-order valence-corrected chi connectivity index (χ1v) is 11.1. The Morgan fingerprint density at radius 2 is 2.12 bits per heavy atom. The number of rotatable bonds is 8. The number of furan rings is 1. The summed E-state index contributed by atoms with van der Waals surface area (Å²) in [5.74, 6) is -0.653. The predicted octanol–water partition coefficient (Wildman–Crippen LogP) is 2.57. The fourth-order valence-corrected chi connectivity index (χ4v) is 4.19. The molecular weight excluding hydrogens is 446 g/mol. The summed E-state index contributed by atoms with van der Waals surface area (Å²) in [7, 11) is 0. The summed E-state index contributed by atoms with van der Waals surface area (Å²) in [6.07, 6.45) is 6.07. The van der Waals surface area contributed by atoms with Crippen LogP contribution in [0.4, 0.5) is 0 Å². The highest BCUT2D eigenvalue weighted by Gasteiger charge is 2.45. The van der Waals surface area contributed by atoms with Crippen molar-refractivity contribution in [1.82, 2.24) is 9.88 Å². The lowest BCUT2D eigenvalue weighted by Gasteiger charge is -2.25. The van der Waals surface area contributed by atoms with E-state index in [0.717, 1.165) is 0 Å². The number of ether oxygens (including phenoxy) is 1. The standard InChI is InChI=1S/C24H24ClN3O5/c1-3-32-18-8-6-16(13-17(18)25)22(29)20-21(19-7-5-15(2)33-19)28(24(31)23(20)30)11-4-10-27-12-9-26-14-27/h5-9,12-14,21H,3-4,10-11H2,1-2H3,(H,29,30). The molecule has 8 nitrogen and oxygen atoms in total. The van der Waals surface area contributed by atoms with E-state index in [2.05, 4.69) is 4.98 Å². The van der Waals surface area contributed by atoms with Crippen molar-refractivity contribution in [2.24, 2.45) is 0 Å². The number of Topliss-reactive ketones (excluding diaryl/α,β-unsaturated/α-hetero) is 1. The average molecular weight is 470 g/mol. The van der Waals surface area contributed by atoms with Crippen molar-refractivity contribution >= 4 is 29.1 Å². The first-order chi connectivity index (χ1) is 15.9. The van der Waals surface area contributed by atoms with Gasteiger partial charge < -0.3 is 19.2 Å². The first-order valence-electron chi connectivity index (χ1n) is 10.7. The van der Waals surface area contributed by atoms with Gasteiger partial charge >= 0.3 is 0 Å². The normalized spacial score (nSPS) is 17.7. The zero-order valence-electron chi connectivity index (χ0n) is 18.3. The number of imidazole rings is 1. The van der Waals surface area contributed by atoms with E-state index in [1.54, 1.807) is 43.7 Å². The van der Waals surface area contributed by atoms with Gasteiger partial charge in [0.05, 0.1) is 18.2 Å². The molecule has 0 radical (unpaired) electrons. The third-order valence-electron chi connectivity index (χ3n) is 5.47. The Kier molecular flexibility index (Phi) is 6.55. The zero-order valence-corrected chi connectivity index (χ0v) is 19.1. The summed E-state index contributed by atoms with van der Waals surface area (Å²) in [6.45, 7) is 4.94. The summed E-state index contributed by atoms with van der Waals surface area (Å²) < 4.78 is 13.1. The molecule has 1 atom stereocenters. The van der Waals surface area contributed by atoms with Crippen LogP contribution in [-0.4, -0.2) is 34.7 Å². The number of halogens is 1. The largest absolute Gasteiger partial charge is 0.872 e. The lowest BCUT2D eigenvalue weighted by atomic mass is 9.99. The Morgan fingerprint density at radius 1 is 1.30 bits per heavy atom. The minimum Gasteiger partial charge on any atom is -0.872 e. The van der Waals surface area contributed by atoms with E-state index in [-0.39, 0.29) is 22.7 Å². The predicted molar refractivity (Wildman–Crippen MR) is 118 cm³/mol. The lowest BCUT2D eigenvalue weighted by molar-refractivity contribution is -0.695. The fourth-order valence-electron chi connectivity index (χ4n) is 3.95. The zero-order chi connectivity index (χ0) is 23.5. The number of amides is 1. The Morgan fingerprint density at radius 3 is 2.76 bits per heavy atom. The second-order valence-corrected chi connectivity index (χ2v) is 8.11. The third kappa shape index (κ3) is 4.52. The number of nitrogens with zero attached hydrogens (tertiary/aromatic N) is 2. The number of hydrogen-bond acceptors (Lipinski definition) is 5. The molecule has 33 heavy (non-hydrogen) atoms. The van der Waals surface area contributed by atoms with Crippen LogP contribution in [0, 0.1) is 6.92 Å². The van der Waals surface area contributed by atoms with Crippen LogP contribution in [0.1, 0.15) is 36.5 Å². The Balaban J connectivity index is 1.71. The maximum Gasteiger partial charge on any atom is 0.295 e. The summed E-state index contributed by atoms with van der Waals surface area (Å²) in [5.41, 5.74) is 0.0708. The molecule has 0 bridgehead atoms. The van der Waals surface area contributed by atoms with Crippen LogP contribution in [0.15, 0.2) is 59.0 Å². The molecule has 172 valence electrons. The van der Waals surface area contributed by atoms with Crippen molar-refractivity contribution in [3.63, 3.8) is 0 Å². The number of hydrogen-bond donors (Lipinski definition) is 1. The SMILES string of the molecule is CCOc1ccc(C([O-])=C2C(=O)C(=O)N(CCC[n+]3cc[nH]c3)C2c2ccc(C)o2)cc1Cl. The Labute approximate surface area is 196 Å². The molecule has 2 aromatic heterocycles. The van der Waals surface area contributed by atoms with Crippen molar-refractivity contribution in [3.05, 3.63) is 76.7 Å². The van der Waals surface area contributed by atoms with Gasteiger partial charge in [-0.15, -0.1) is 0 Å². The van der Waals surface area contributed by atoms with Crippen molar-refractivity contribution in [1.29, 1.82) is 0 Å². The highest BCUT2D eigenvalue weighted by molar-refractivity contribution is 6.46. The summed E-state index contributed by atoms with van der Waals surface area (Å²) in [6, 6.07) is 7.12. The molecule has 1 amide bonds. The molecule has 1 aliphatic heterocycles. The fraction of sp³-hybridized carbons (Fsp3) is 0.292.